The Kier molecular flexibility index (Phi) is 6.34. The van der Waals surface area contributed by atoms with Crippen LogP contribution in [0.2, 0.25) is 0 Å². The summed E-state index contributed by atoms with van der Waals surface area (Å²) in [7, 11) is 0. The maximum Gasteiger partial charge on any atom is 0.306 e. The van der Waals surface area contributed by atoms with Crippen molar-refractivity contribution in [2.45, 2.75) is 33.1 Å². The molecule has 3 heteroatoms. The molecule has 1 unspecified atom stereocenters. The van der Waals surface area contributed by atoms with Gasteiger partial charge in [0.25, 0.3) is 0 Å². The number of hydrogen-bond donors (Lipinski definition) is 0. The van der Waals surface area contributed by atoms with E-state index in [0.717, 1.165) is 19.1 Å². The Bertz CT molecular complexity index is 143. The Morgan fingerprint density at radius 1 is 1.58 bits per heavy atom. The third kappa shape index (κ3) is 5.89. The Hall–Kier alpha value is -0.860. The van der Waals surface area contributed by atoms with Crippen LogP contribution in [0.1, 0.15) is 33.1 Å². The van der Waals surface area contributed by atoms with Gasteiger partial charge in [0.15, 0.2) is 0 Å². The van der Waals surface area contributed by atoms with Gasteiger partial charge >= 0.3 is 5.97 Å². The molecule has 0 aliphatic rings. The molecule has 70 valence electrons. The number of aldehydes is 1. The fraction of sp³-hybridized carbons (Fsp3) is 0.778. The lowest BCUT2D eigenvalue weighted by molar-refractivity contribution is -0.145. The maximum atomic E-state index is 10.9. The molecule has 0 aromatic heterocycles. The summed E-state index contributed by atoms with van der Waals surface area (Å²) in [5.74, 6) is -0.498. The highest BCUT2D eigenvalue weighted by molar-refractivity contribution is 5.73. The van der Waals surface area contributed by atoms with E-state index in [4.69, 9.17) is 4.74 Å². The molecule has 0 aliphatic heterocycles. The molecule has 0 heterocycles. The van der Waals surface area contributed by atoms with Crippen LogP contribution in [-0.4, -0.2) is 18.9 Å². The van der Waals surface area contributed by atoms with Crippen molar-refractivity contribution in [2.75, 3.05) is 6.61 Å². The first-order chi connectivity index (χ1) is 5.70. The van der Waals surface area contributed by atoms with E-state index in [1.54, 1.807) is 6.92 Å². The standard InChI is InChI=1S/C9H16O3/c1-3-4-5-12-9(11)6-8(2)7-10/h7-8H,3-6H2,1-2H3. The molecular formula is C9H16O3. The second kappa shape index (κ2) is 6.83. The second-order valence-electron chi connectivity index (χ2n) is 2.89. The lowest BCUT2D eigenvalue weighted by Crippen LogP contribution is -2.10. The van der Waals surface area contributed by atoms with E-state index in [2.05, 4.69) is 0 Å². The molecule has 12 heavy (non-hydrogen) atoms. The summed E-state index contributed by atoms with van der Waals surface area (Å²) in [6.07, 6.45) is 2.87. The molecule has 0 spiro atoms. The van der Waals surface area contributed by atoms with Crippen molar-refractivity contribution in [3.8, 4) is 0 Å². The first-order valence-corrected chi connectivity index (χ1v) is 4.31. The molecule has 0 amide bonds. The van der Waals surface area contributed by atoms with Crippen LogP contribution in [-0.2, 0) is 14.3 Å². The highest BCUT2D eigenvalue weighted by Gasteiger charge is 2.08. The van der Waals surface area contributed by atoms with Gasteiger partial charge in [-0.05, 0) is 6.42 Å². The van der Waals surface area contributed by atoms with E-state index < -0.39 is 0 Å². The number of ether oxygens (including phenoxy) is 1. The summed E-state index contributed by atoms with van der Waals surface area (Å²) in [6.45, 7) is 4.21. The van der Waals surface area contributed by atoms with Crippen molar-refractivity contribution in [2.24, 2.45) is 5.92 Å². The van der Waals surface area contributed by atoms with Gasteiger partial charge < -0.3 is 9.53 Å². The SMILES string of the molecule is CCCCOC(=O)CC(C)C=O. The monoisotopic (exact) mass is 172 g/mol. The van der Waals surface area contributed by atoms with Gasteiger partial charge in [-0.3, -0.25) is 4.79 Å². The Labute approximate surface area is 73.1 Å². The van der Waals surface area contributed by atoms with Gasteiger partial charge in [-0.1, -0.05) is 20.3 Å². The first kappa shape index (κ1) is 11.1. The van der Waals surface area contributed by atoms with Gasteiger partial charge in [-0.2, -0.15) is 0 Å². The predicted molar refractivity (Wildman–Crippen MR) is 45.7 cm³/mol. The van der Waals surface area contributed by atoms with E-state index in [1.165, 1.54) is 0 Å². The summed E-state index contributed by atoms with van der Waals surface area (Å²) >= 11 is 0. The number of carbonyl (C=O) groups is 2. The molecule has 0 aliphatic carbocycles. The molecular weight excluding hydrogens is 156 g/mol. The van der Waals surface area contributed by atoms with Crippen molar-refractivity contribution < 1.29 is 14.3 Å². The summed E-state index contributed by atoms with van der Waals surface area (Å²) in [6, 6.07) is 0. The molecule has 0 saturated heterocycles. The lowest BCUT2D eigenvalue weighted by Gasteiger charge is -2.04. The highest BCUT2D eigenvalue weighted by Crippen LogP contribution is 2.00. The van der Waals surface area contributed by atoms with Gasteiger partial charge in [0.1, 0.15) is 6.29 Å². The van der Waals surface area contributed by atoms with Crippen LogP contribution in [0.15, 0.2) is 0 Å². The largest absolute Gasteiger partial charge is 0.466 e. The third-order valence-electron chi connectivity index (χ3n) is 1.48. The van der Waals surface area contributed by atoms with E-state index in [0.29, 0.717) is 6.61 Å². The van der Waals surface area contributed by atoms with Gasteiger partial charge in [0.05, 0.1) is 13.0 Å². The fourth-order valence-corrected chi connectivity index (χ4v) is 0.700. The molecule has 3 nitrogen and oxygen atoms in total. The minimum absolute atomic E-state index is 0.202. The average molecular weight is 172 g/mol. The molecule has 0 bridgehead atoms. The van der Waals surface area contributed by atoms with E-state index in [9.17, 15) is 9.59 Å². The van der Waals surface area contributed by atoms with Gasteiger partial charge in [-0.15, -0.1) is 0 Å². The van der Waals surface area contributed by atoms with Crippen molar-refractivity contribution in [3.63, 3.8) is 0 Å². The predicted octanol–water partition coefficient (Wildman–Crippen LogP) is 1.55. The highest BCUT2D eigenvalue weighted by atomic mass is 16.5. The van der Waals surface area contributed by atoms with E-state index >= 15 is 0 Å². The van der Waals surface area contributed by atoms with Crippen LogP contribution in [0.5, 0.6) is 0 Å². The lowest BCUT2D eigenvalue weighted by atomic mass is 10.1. The topological polar surface area (TPSA) is 43.4 Å². The normalized spacial score (nSPS) is 12.2. The van der Waals surface area contributed by atoms with Crippen molar-refractivity contribution in [3.05, 3.63) is 0 Å². The summed E-state index contributed by atoms with van der Waals surface area (Å²) in [5, 5.41) is 0. The molecule has 0 saturated carbocycles. The van der Waals surface area contributed by atoms with Crippen LogP contribution in [0.4, 0.5) is 0 Å². The smallest absolute Gasteiger partial charge is 0.306 e. The second-order valence-corrected chi connectivity index (χ2v) is 2.89. The van der Waals surface area contributed by atoms with Crippen molar-refractivity contribution >= 4 is 12.3 Å². The zero-order valence-corrected chi connectivity index (χ0v) is 7.71. The van der Waals surface area contributed by atoms with Crippen LogP contribution < -0.4 is 0 Å². The van der Waals surface area contributed by atoms with Crippen LogP contribution >= 0.6 is 0 Å². The summed E-state index contributed by atoms with van der Waals surface area (Å²) in [4.78, 5) is 21.1. The van der Waals surface area contributed by atoms with Crippen molar-refractivity contribution in [1.29, 1.82) is 0 Å². The third-order valence-corrected chi connectivity index (χ3v) is 1.48. The van der Waals surface area contributed by atoms with Crippen molar-refractivity contribution in [1.82, 2.24) is 0 Å². The molecule has 0 aromatic carbocycles. The van der Waals surface area contributed by atoms with Crippen LogP contribution in [0.3, 0.4) is 0 Å². The Morgan fingerprint density at radius 3 is 2.75 bits per heavy atom. The summed E-state index contributed by atoms with van der Waals surface area (Å²) in [5.41, 5.74) is 0. The summed E-state index contributed by atoms with van der Waals surface area (Å²) < 4.78 is 4.86. The quantitative estimate of drug-likeness (QED) is 0.347. The average Bonchev–Trinajstić information content (AvgIpc) is 2.05. The Balaban J connectivity index is 3.39. The maximum absolute atomic E-state index is 10.9. The molecule has 0 aromatic rings. The molecule has 1 atom stereocenters. The van der Waals surface area contributed by atoms with Gasteiger partial charge in [0, 0.05) is 5.92 Å². The minimum Gasteiger partial charge on any atom is -0.466 e. The molecule has 0 radical (unpaired) electrons. The first-order valence-electron chi connectivity index (χ1n) is 4.31. The number of hydrogen-bond acceptors (Lipinski definition) is 3. The number of unbranched alkanes of at least 4 members (excludes halogenated alkanes) is 1. The fourth-order valence-electron chi connectivity index (χ4n) is 0.700. The zero-order valence-electron chi connectivity index (χ0n) is 7.71. The zero-order chi connectivity index (χ0) is 9.40. The van der Waals surface area contributed by atoms with Gasteiger partial charge in [0.2, 0.25) is 0 Å². The number of esters is 1. The molecule has 0 N–H and O–H groups in total. The van der Waals surface area contributed by atoms with Crippen LogP contribution in [0, 0.1) is 5.92 Å². The van der Waals surface area contributed by atoms with Gasteiger partial charge in [-0.25, -0.2) is 0 Å². The molecule has 0 fully saturated rings. The van der Waals surface area contributed by atoms with E-state index in [1.807, 2.05) is 6.92 Å². The number of rotatable bonds is 6. The van der Waals surface area contributed by atoms with Crippen LogP contribution in [0.25, 0.3) is 0 Å². The minimum atomic E-state index is -0.275. The Morgan fingerprint density at radius 2 is 2.25 bits per heavy atom. The van der Waals surface area contributed by atoms with E-state index in [-0.39, 0.29) is 18.3 Å². The molecule has 0 rings (SSSR count). The number of carbonyl (C=O) groups excluding carboxylic acids is 2.